The molecule has 0 amide bonds. The number of ether oxygens (including phenoxy) is 1. The number of hydrogen-bond donors (Lipinski definition) is 0. The van der Waals surface area contributed by atoms with Gasteiger partial charge in [-0.25, -0.2) is 4.79 Å². The monoisotopic (exact) mass is 472 g/mol. The Morgan fingerprint density at radius 1 is 0.824 bits per heavy atom. The van der Waals surface area contributed by atoms with Crippen LogP contribution < -0.4 is 0 Å². The van der Waals surface area contributed by atoms with E-state index >= 15 is 0 Å². The molecule has 0 unspecified atom stereocenters. The van der Waals surface area contributed by atoms with Gasteiger partial charge in [0.1, 0.15) is 0 Å². The number of aromatic nitrogens is 6. The second-order valence-electron chi connectivity index (χ2n) is 6.87. The van der Waals surface area contributed by atoms with E-state index in [2.05, 4.69) is 30.2 Å². The van der Waals surface area contributed by atoms with Gasteiger partial charge in [0, 0.05) is 40.8 Å². The van der Waals surface area contributed by atoms with Gasteiger partial charge >= 0.3 is 5.97 Å². The fourth-order valence-corrected chi connectivity index (χ4v) is 3.84. The maximum atomic E-state index is 12.7. The number of carbonyl (C=O) groups excluding carboxylic acids is 1. The summed E-state index contributed by atoms with van der Waals surface area (Å²) in [4.78, 5) is 30.1. The Hall–Kier alpha value is -4.38. The molecule has 11 heteroatoms. The van der Waals surface area contributed by atoms with Gasteiger partial charge in [-0.05, 0) is 36.4 Å². The smallest absolute Gasteiger partial charge is 0.339 e. The molecule has 168 valence electrons. The minimum absolute atomic E-state index is 0.150. The maximum Gasteiger partial charge on any atom is 0.339 e. The quantitative estimate of drug-likeness (QED) is 0.237. The van der Waals surface area contributed by atoms with Crippen LogP contribution in [0.4, 0.5) is 0 Å². The molecule has 0 fully saturated rings. The van der Waals surface area contributed by atoms with Crippen LogP contribution >= 0.6 is 11.8 Å². The summed E-state index contributed by atoms with van der Waals surface area (Å²) in [6.07, 6.45) is 6.61. The molecule has 0 bridgehead atoms. The molecular formula is C23H16N6O4S. The zero-order valence-electron chi connectivity index (χ0n) is 17.6. The number of carbonyl (C=O) groups is 1. The lowest BCUT2D eigenvalue weighted by molar-refractivity contribution is 0.0425. The van der Waals surface area contributed by atoms with Crippen molar-refractivity contribution in [2.75, 3.05) is 0 Å². The highest BCUT2D eigenvalue weighted by molar-refractivity contribution is 7.98. The van der Waals surface area contributed by atoms with Crippen LogP contribution in [0.15, 0.2) is 87.3 Å². The standard InChI is InChI=1S/C23H16N6O4S/c30-23(31-13-19-26-21(28-32-19)15-5-3-9-24-11-15)17-7-1-2-8-18(17)34-14-20-27-22(29-33-20)16-6-4-10-25-12-16/h1-12H,13-14H2. The van der Waals surface area contributed by atoms with Crippen LogP contribution in [0.3, 0.4) is 0 Å². The van der Waals surface area contributed by atoms with Gasteiger partial charge in [-0.15, -0.1) is 11.8 Å². The first-order chi connectivity index (χ1) is 16.8. The summed E-state index contributed by atoms with van der Waals surface area (Å²) >= 11 is 1.39. The number of rotatable bonds is 8. The second kappa shape index (κ2) is 10.0. The van der Waals surface area contributed by atoms with Crippen molar-refractivity contribution in [1.82, 2.24) is 30.2 Å². The van der Waals surface area contributed by atoms with Gasteiger partial charge in [-0.2, -0.15) is 9.97 Å². The number of hydrogen-bond acceptors (Lipinski definition) is 11. The largest absolute Gasteiger partial charge is 0.452 e. The van der Waals surface area contributed by atoms with Crippen molar-refractivity contribution in [3.63, 3.8) is 0 Å². The molecule has 0 saturated carbocycles. The molecule has 5 rings (SSSR count). The Labute approximate surface area is 197 Å². The van der Waals surface area contributed by atoms with Crippen molar-refractivity contribution in [3.05, 3.63) is 90.7 Å². The first-order valence-electron chi connectivity index (χ1n) is 10.1. The number of nitrogens with zero attached hydrogens (tertiary/aromatic N) is 6. The highest BCUT2D eigenvalue weighted by Gasteiger charge is 2.17. The Kier molecular flexibility index (Phi) is 6.34. The Morgan fingerprint density at radius 3 is 2.15 bits per heavy atom. The lowest BCUT2D eigenvalue weighted by atomic mass is 10.2. The molecule has 1 aromatic carbocycles. The molecule has 0 aliphatic heterocycles. The molecule has 4 heterocycles. The SMILES string of the molecule is O=C(OCc1nc(-c2cccnc2)no1)c1ccccc1SCc1nc(-c2cccnc2)no1. The Balaban J connectivity index is 1.21. The minimum Gasteiger partial charge on any atom is -0.452 e. The number of thioether (sulfide) groups is 1. The predicted octanol–water partition coefficient (Wildman–Crippen LogP) is 4.23. The predicted molar refractivity (Wildman–Crippen MR) is 120 cm³/mol. The van der Waals surface area contributed by atoms with Crippen molar-refractivity contribution < 1.29 is 18.6 Å². The third-order valence-electron chi connectivity index (χ3n) is 4.56. The van der Waals surface area contributed by atoms with Crippen LogP contribution in [-0.4, -0.2) is 36.2 Å². The van der Waals surface area contributed by atoms with Gasteiger partial charge in [0.15, 0.2) is 6.61 Å². The van der Waals surface area contributed by atoms with E-state index in [1.54, 1.807) is 49.1 Å². The van der Waals surface area contributed by atoms with Crippen LogP contribution in [0.25, 0.3) is 22.8 Å². The zero-order chi connectivity index (χ0) is 23.2. The van der Waals surface area contributed by atoms with Gasteiger partial charge in [-0.1, -0.05) is 22.4 Å². The average molecular weight is 472 g/mol. The van der Waals surface area contributed by atoms with E-state index in [1.165, 1.54) is 11.8 Å². The fourth-order valence-electron chi connectivity index (χ4n) is 2.96. The third kappa shape index (κ3) is 4.99. The molecule has 0 atom stereocenters. The van der Waals surface area contributed by atoms with Gasteiger partial charge in [-0.3, -0.25) is 9.97 Å². The lowest BCUT2D eigenvalue weighted by Crippen LogP contribution is -2.07. The summed E-state index contributed by atoms with van der Waals surface area (Å²) in [5.74, 6) is 1.33. The summed E-state index contributed by atoms with van der Waals surface area (Å²) in [6, 6.07) is 14.4. The van der Waals surface area contributed by atoms with E-state index in [0.717, 1.165) is 10.5 Å². The van der Waals surface area contributed by atoms with E-state index in [-0.39, 0.29) is 12.5 Å². The first kappa shape index (κ1) is 21.5. The van der Waals surface area contributed by atoms with Crippen LogP contribution in [0.2, 0.25) is 0 Å². The lowest BCUT2D eigenvalue weighted by Gasteiger charge is -2.07. The van der Waals surface area contributed by atoms with Crippen molar-refractivity contribution in [2.24, 2.45) is 0 Å². The van der Waals surface area contributed by atoms with E-state index in [0.29, 0.717) is 34.4 Å². The van der Waals surface area contributed by atoms with Crippen molar-refractivity contribution >= 4 is 17.7 Å². The van der Waals surface area contributed by atoms with Crippen LogP contribution in [0.5, 0.6) is 0 Å². The summed E-state index contributed by atoms with van der Waals surface area (Å²) in [5.41, 5.74) is 1.88. The number of pyridine rings is 2. The van der Waals surface area contributed by atoms with Gasteiger partial charge in [0.25, 0.3) is 5.89 Å². The topological polar surface area (TPSA) is 130 Å². The Morgan fingerprint density at radius 2 is 1.47 bits per heavy atom. The second-order valence-corrected chi connectivity index (χ2v) is 7.88. The molecule has 0 aliphatic carbocycles. The van der Waals surface area contributed by atoms with Crippen LogP contribution in [0.1, 0.15) is 22.1 Å². The van der Waals surface area contributed by atoms with E-state index < -0.39 is 5.97 Å². The highest BCUT2D eigenvalue weighted by atomic mass is 32.2. The van der Waals surface area contributed by atoms with Crippen molar-refractivity contribution in [2.45, 2.75) is 17.3 Å². The molecule has 4 aromatic heterocycles. The summed E-state index contributed by atoms with van der Waals surface area (Å²) < 4.78 is 15.9. The number of esters is 1. The molecule has 34 heavy (non-hydrogen) atoms. The van der Waals surface area contributed by atoms with Gasteiger partial charge in [0.2, 0.25) is 17.5 Å². The molecule has 0 saturated heterocycles. The molecule has 5 aromatic rings. The zero-order valence-corrected chi connectivity index (χ0v) is 18.4. The van der Waals surface area contributed by atoms with Crippen molar-refractivity contribution in [3.8, 4) is 22.8 Å². The molecular weight excluding hydrogens is 456 g/mol. The summed E-state index contributed by atoms with van der Waals surface area (Å²) in [6.45, 7) is -0.150. The molecule has 0 spiro atoms. The molecule has 0 aliphatic rings. The van der Waals surface area contributed by atoms with Crippen LogP contribution in [0, 0.1) is 0 Å². The van der Waals surface area contributed by atoms with E-state index in [1.807, 2.05) is 24.3 Å². The number of benzene rings is 1. The van der Waals surface area contributed by atoms with Gasteiger partial charge in [0.05, 0.1) is 11.3 Å². The van der Waals surface area contributed by atoms with E-state index in [4.69, 9.17) is 13.8 Å². The van der Waals surface area contributed by atoms with Gasteiger partial charge < -0.3 is 13.8 Å². The first-order valence-corrected chi connectivity index (χ1v) is 11.1. The third-order valence-corrected chi connectivity index (χ3v) is 5.62. The molecule has 10 nitrogen and oxygen atoms in total. The highest BCUT2D eigenvalue weighted by Crippen LogP contribution is 2.27. The summed E-state index contributed by atoms with van der Waals surface area (Å²) in [7, 11) is 0. The Bertz CT molecular complexity index is 1390. The van der Waals surface area contributed by atoms with Crippen molar-refractivity contribution in [1.29, 1.82) is 0 Å². The summed E-state index contributed by atoms with van der Waals surface area (Å²) in [5, 5.41) is 7.88. The minimum atomic E-state index is -0.509. The van der Waals surface area contributed by atoms with E-state index in [9.17, 15) is 4.79 Å². The fraction of sp³-hybridized carbons (Fsp3) is 0.0870. The molecule has 0 N–H and O–H groups in total. The normalized spacial score (nSPS) is 10.8. The average Bonchev–Trinajstić information content (AvgIpc) is 3.57. The maximum absolute atomic E-state index is 12.7. The van der Waals surface area contributed by atoms with Crippen LogP contribution in [-0.2, 0) is 17.1 Å². The molecule has 0 radical (unpaired) electrons.